The maximum atomic E-state index is 15.4. The predicted molar refractivity (Wildman–Crippen MR) is 151 cm³/mol. The Balaban J connectivity index is 1.56. The van der Waals surface area contributed by atoms with E-state index in [1.165, 1.54) is 47.1 Å². The molecule has 230 valence electrons. The fourth-order valence-corrected chi connectivity index (χ4v) is 6.47. The van der Waals surface area contributed by atoms with E-state index >= 15 is 8.78 Å². The van der Waals surface area contributed by atoms with Crippen molar-refractivity contribution in [2.24, 2.45) is 16.3 Å². The Morgan fingerprint density at radius 1 is 1.30 bits per heavy atom. The summed E-state index contributed by atoms with van der Waals surface area (Å²) < 4.78 is 50.9. The SMILES string of the molecule is CCOC(=O)C1=C(CN2CC(F)(F)C3C(=O)N(CC(C)(C)C(=O)O)CC32)NC(c2nccs2)=N[C@H]1c1cccc(F)c1C. The van der Waals surface area contributed by atoms with Crippen molar-refractivity contribution in [3.8, 4) is 0 Å². The van der Waals surface area contributed by atoms with Gasteiger partial charge in [0, 0.05) is 43.0 Å². The number of nitrogens with zero attached hydrogens (tertiary/aromatic N) is 4. The number of carbonyl (C=O) groups excluding carboxylic acids is 2. The molecule has 14 heteroatoms. The van der Waals surface area contributed by atoms with Crippen LogP contribution < -0.4 is 5.32 Å². The van der Waals surface area contributed by atoms with Crippen molar-refractivity contribution in [3.05, 3.63) is 63.0 Å². The number of nitrogens with one attached hydrogen (secondary N) is 1. The Morgan fingerprint density at radius 3 is 2.70 bits per heavy atom. The highest BCUT2D eigenvalue weighted by Gasteiger charge is 2.63. The molecule has 0 bridgehead atoms. The number of amidine groups is 1. The number of halogens is 3. The molecule has 2 fully saturated rings. The zero-order valence-electron chi connectivity index (χ0n) is 24.1. The van der Waals surface area contributed by atoms with Crippen molar-refractivity contribution < 1.29 is 37.4 Å². The van der Waals surface area contributed by atoms with Gasteiger partial charge in [0.1, 0.15) is 17.8 Å². The van der Waals surface area contributed by atoms with Gasteiger partial charge < -0.3 is 20.1 Å². The first-order chi connectivity index (χ1) is 20.2. The molecule has 1 amide bonds. The zero-order valence-corrected chi connectivity index (χ0v) is 24.9. The van der Waals surface area contributed by atoms with Crippen molar-refractivity contribution >= 4 is 35.0 Å². The Labute approximate surface area is 250 Å². The zero-order chi connectivity index (χ0) is 31.3. The van der Waals surface area contributed by atoms with Crippen LogP contribution in [0.3, 0.4) is 0 Å². The summed E-state index contributed by atoms with van der Waals surface area (Å²) in [4.78, 5) is 50.0. The van der Waals surface area contributed by atoms with Crippen molar-refractivity contribution in [1.82, 2.24) is 20.1 Å². The van der Waals surface area contributed by atoms with E-state index in [1.54, 1.807) is 31.5 Å². The predicted octanol–water partition coefficient (Wildman–Crippen LogP) is 3.39. The van der Waals surface area contributed by atoms with Gasteiger partial charge in [-0.05, 0) is 44.9 Å². The molecule has 2 aromatic rings. The van der Waals surface area contributed by atoms with Gasteiger partial charge in [0.15, 0.2) is 10.8 Å². The Morgan fingerprint density at radius 2 is 2.05 bits per heavy atom. The van der Waals surface area contributed by atoms with Gasteiger partial charge >= 0.3 is 11.9 Å². The molecule has 1 aromatic heterocycles. The average molecular weight is 620 g/mol. The molecule has 5 rings (SSSR count). The minimum atomic E-state index is -3.39. The van der Waals surface area contributed by atoms with E-state index in [0.29, 0.717) is 10.6 Å². The van der Waals surface area contributed by atoms with Crippen molar-refractivity contribution in [3.63, 3.8) is 0 Å². The number of aliphatic imine (C=N–C) groups is 1. The first-order valence-electron chi connectivity index (χ1n) is 13.8. The van der Waals surface area contributed by atoms with E-state index in [-0.39, 0.29) is 48.9 Å². The summed E-state index contributed by atoms with van der Waals surface area (Å²) in [5.41, 5.74) is -0.410. The third-order valence-corrected chi connectivity index (χ3v) is 8.87. The van der Waals surface area contributed by atoms with Crippen LogP contribution in [0.2, 0.25) is 0 Å². The van der Waals surface area contributed by atoms with E-state index in [4.69, 9.17) is 9.73 Å². The second-order valence-electron chi connectivity index (χ2n) is 11.5. The largest absolute Gasteiger partial charge is 0.481 e. The number of hydrogen-bond acceptors (Lipinski definition) is 9. The molecule has 0 spiro atoms. The minimum absolute atomic E-state index is 0.0306. The first kappa shape index (κ1) is 30.7. The van der Waals surface area contributed by atoms with Crippen LogP contribution in [0.15, 0.2) is 46.0 Å². The highest BCUT2D eigenvalue weighted by molar-refractivity contribution is 7.11. The van der Waals surface area contributed by atoms with E-state index in [9.17, 15) is 23.9 Å². The summed E-state index contributed by atoms with van der Waals surface area (Å²) in [7, 11) is 0. The Kier molecular flexibility index (Phi) is 8.11. The highest BCUT2D eigenvalue weighted by atomic mass is 32.1. The second-order valence-corrected chi connectivity index (χ2v) is 12.4. The summed E-state index contributed by atoms with van der Waals surface area (Å²) in [6.07, 6.45) is 1.57. The standard InChI is InChI=1S/C29H32F3N5O5S/c1-5-42-26(39)20-18(34-23(24-33-9-10-43-24)35-22(20)16-7-6-8-17(30)15(16)2)11-36-14-29(31,32)21-19(36)12-37(25(21)38)13-28(3,4)27(40)41/h6-10,19,21-22H,5,11-14H2,1-4H3,(H,34,35)(H,40,41)/t19?,21?,22-/m0/s1. The number of benzene rings is 1. The quantitative estimate of drug-likeness (QED) is 0.410. The van der Waals surface area contributed by atoms with Gasteiger partial charge in [-0.2, -0.15) is 0 Å². The summed E-state index contributed by atoms with van der Waals surface area (Å²) >= 11 is 1.27. The van der Waals surface area contributed by atoms with E-state index < -0.39 is 59.5 Å². The molecule has 3 aliphatic rings. The molecular formula is C29H32F3N5O5S. The third-order valence-electron chi connectivity index (χ3n) is 8.09. The summed E-state index contributed by atoms with van der Waals surface area (Å²) in [6, 6.07) is 2.47. The molecule has 3 atom stereocenters. The Bertz CT molecular complexity index is 1510. The van der Waals surface area contributed by atoms with Crippen LogP contribution in [0, 0.1) is 24.1 Å². The van der Waals surface area contributed by atoms with Gasteiger partial charge in [-0.15, -0.1) is 11.3 Å². The summed E-state index contributed by atoms with van der Waals surface area (Å²) in [6.45, 7) is 4.81. The number of esters is 1. The number of thiazole rings is 1. The summed E-state index contributed by atoms with van der Waals surface area (Å²) in [5, 5.41) is 14.9. The lowest BCUT2D eigenvalue weighted by atomic mass is 9.92. The van der Waals surface area contributed by atoms with E-state index in [1.807, 2.05) is 0 Å². The molecule has 0 aliphatic carbocycles. The van der Waals surface area contributed by atoms with Crippen molar-refractivity contribution in [2.45, 2.75) is 45.7 Å². The molecular weight excluding hydrogens is 587 g/mol. The van der Waals surface area contributed by atoms with Gasteiger partial charge in [0.05, 0.1) is 24.1 Å². The molecule has 2 unspecified atom stereocenters. The number of rotatable bonds is 9. The molecule has 3 aliphatic heterocycles. The van der Waals surface area contributed by atoms with Gasteiger partial charge in [-0.25, -0.2) is 22.9 Å². The number of amides is 1. The van der Waals surface area contributed by atoms with Crippen LogP contribution in [0.4, 0.5) is 13.2 Å². The van der Waals surface area contributed by atoms with Crippen LogP contribution in [0.5, 0.6) is 0 Å². The van der Waals surface area contributed by atoms with Crippen LogP contribution in [-0.4, -0.2) is 88.3 Å². The van der Waals surface area contributed by atoms with Crippen LogP contribution in [0.1, 0.15) is 42.9 Å². The number of alkyl halides is 2. The van der Waals surface area contributed by atoms with Crippen molar-refractivity contribution in [2.75, 3.05) is 32.8 Å². The lowest BCUT2D eigenvalue weighted by Crippen LogP contribution is -2.45. The molecule has 2 N–H and O–H groups in total. The lowest BCUT2D eigenvalue weighted by Gasteiger charge is -2.32. The number of ether oxygens (including phenoxy) is 1. The molecule has 1 aromatic carbocycles. The topological polar surface area (TPSA) is 124 Å². The number of carbonyl (C=O) groups is 3. The maximum Gasteiger partial charge on any atom is 0.338 e. The number of hydrogen-bond donors (Lipinski definition) is 2. The lowest BCUT2D eigenvalue weighted by molar-refractivity contribution is -0.150. The smallest absolute Gasteiger partial charge is 0.338 e. The fraction of sp³-hybridized carbons (Fsp3) is 0.483. The molecule has 0 saturated carbocycles. The maximum absolute atomic E-state index is 15.4. The minimum Gasteiger partial charge on any atom is -0.481 e. The molecule has 43 heavy (non-hydrogen) atoms. The Hall–Kier alpha value is -3.78. The van der Waals surface area contributed by atoms with E-state index in [0.717, 1.165) is 0 Å². The monoisotopic (exact) mass is 619 g/mol. The molecule has 2 saturated heterocycles. The molecule has 10 nitrogen and oxygen atoms in total. The number of carboxylic acid groups (broad SMARTS) is 1. The number of aliphatic carboxylic acids is 1. The van der Waals surface area contributed by atoms with Crippen molar-refractivity contribution in [1.29, 1.82) is 0 Å². The fourth-order valence-electron chi connectivity index (χ4n) is 5.88. The third kappa shape index (κ3) is 5.65. The van der Waals surface area contributed by atoms with E-state index in [2.05, 4.69) is 10.3 Å². The summed E-state index contributed by atoms with van der Waals surface area (Å²) in [5.74, 6) is -7.97. The molecule has 4 heterocycles. The van der Waals surface area contributed by atoms with Gasteiger partial charge in [0.2, 0.25) is 5.91 Å². The van der Waals surface area contributed by atoms with Gasteiger partial charge in [0.25, 0.3) is 5.92 Å². The number of aromatic nitrogens is 1. The van der Waals surface area contributed by atoms with Crippen LogP contribution in [0.25, 0.3) is 0 Å². The molecule has 0 radical (unpaired) electrons. The van der Waals surface area contributed by atoms with Crippen LogP contribution in [-0.2, 0) is 19.1 Å². The first-order valence-corrected chi connectivity index (χ1v) is 14.7. The van der Waals surface area contributed by atoms with Crippen LogP contribution >= 0.6 is 11.3 Å². The number of likely N-dealkylation sites (tertiary alicyclic amines) is 2. The highest BCUT2D eigenvalue weighted by Crippen LogP contribution is 2.45. The van der Waals surface area contributed by atoms with Gasteiger partial charge in [-0.1, -0.05) is 12.1 Å². The second kappa shape index (κ2) is 11.4. The number of carboxylic acids is 1. The number of fused-ring (bicyclic) bond motifs is 1. The van der Waals surface area contributed by atoms with Gasteiger partial charge in [-0.3, -0.25) is 19.5 Å². The normalized spacial score (nSPS) is 23.7. The average Bonchev–Trinajstić information content (AvgIpc) is 3.63.